The molecule has 78 valence electrons. The van der Waals surface area contributed by atoms with Crippen LogP contribution < -0.4 is 5.32 Å². The average Bonchev–Trinajstić information content (AvgIpc) is 2.56. The number of rotatable bonds is 2. The zero-order valence-electron chi connectivity index (χ0n) is 7.74. The van der Waals surface area contributed by atoms with E-state index < -0.39 is 0 Å². The Bertz CT molecular complexity index is 305. The van der Waals surface area contributed by atoms with E-state index >= 15 is 0 Å². The zero-order valence-corrected chi connectivity index (χ0v) is 10.1. The Balaban J connectivity index is 1.95. The number of hydrogen-bond acceptors (Lipinski definition) is 4. The molecule has 0 saturated heterocycles. The van der Waals surface area contributed by atoms with Gasteiger partial charge in [-0.1, -0.05) is 24.2 Å². The van der Waals surface area contributed by atoms with Gasteiger partial charge in [0.15, 0.2) is 5.13 Å². The number of nitrogens with zero attached hydrogens (tertiary/aromatic N) is 1. The topological polar surface area (TPSA) is 45.1 Å². The van der Waals surface area contributed by atoms with E-state index in [1.54, 1.807) is 17.5 Å². The largest absolute Gasteiger partial charge is 0.391 e. The van der Waals surface area contributed by atoms with E-state index in [0.29, 0.717) is 0 Å². The van der Waals surface area contributed by atoms with Crippen molar-refractivity contribution in [1.82, 2.24) is 4.98 Å². The number of nitrogens with one attached hydrogen (secondary N) is 1. The summed E-state index contributed by atoms with van der Waals surface area (Å²) in [4.78, 5) is 4.19. The molecular formula is C9H13BrN2OS. The molecule has 1 aliphatic rings. The molecule has 0 spiro atoms. The van der Waals surface area contributed by atoms with E-state index in [1.807, 2.05) is 0 Å². The predicted octanol–water partition coefficient (Wildman–Crippen LogP) is 2.62. The van der Waals surface area contributed by atoms with Gasteiger partial charge in [0.05, 0.1) is 22.1 Å². The monoisotopic (exact) mass is 276 g/mol. The van der Waals surface area contributed by atoms with Crippen molar-refractivity contribution in [2.75, 3.05) is 5.32 Å². The van der Waals surface area contributed by atoms with Gasteiger partial charge >= 0.3 is 0 Å². The SMILES string of the molecule is O[C@@H]1CCCC[C@@H]1Nc1ncc(Br)s1. The molecule has 1 fully saturated rings. The molecule has 5 heteroatoms. The molecule has 0 bridgehead atoms. The molecule has 0 aromatic carbocycles. The van der Waals surface area contributed by atoms with E-state index in [1.165, 1.54) is 6.42 Å². The van der Waals surface area contributed by atoms with Crippen molar-refractivity contribution in [3.63, 3.8) is 0 Å². The number of thiazole rings is 1. The van der Waals surface area contributed by atoms with Crippen LogP contribution in [0.1, 0.15) is 25.7 Å². The van der Waals surface area contributed by atoms with E-state index in [9.17, 15) is 5.11 Å². The first-order chi connectivity index (χ1) is 6.75. The highest BCUT2D eigenvalue weighted by molar-refractivity contribution is 9.11. The molecule has 0 unspecified atom stereocenters. The summed E-state index contributed by atoms with van der Waals surface area (Å²) >= 11 is 4.93. The Morgan fingerprint density at radius 3 is 2.93 bits per heavy atom. The Morgan fingerprint density at radius 1 is 1.50 bits per heavy atom. The third-order valence-electron chi connectivity index (χ3n) is 2.52. The third-order valence-corrected chi connectivity index (χ3v) is 3.92. The fraction of sp³-hybridized carbons (Fsp3) is 0.667. The lowest BCUT2D eigenvalue weighted by molar-refractivity contribution is 0.116. The molecule has 2 N–H and O–H groups in total. The molecular weight excluding hydrogens is 264 g/mol. The zero-order chi connectivity index (χ0) is 9.97. The summed E-state index contributed by atoms with van der Waals surface area (Å²) < 4.78 is 1.02. The van der Waals surface area contributed by atoms with Crippen LogP contribution in [0, 0.1) is 0 Å². The minimum Gasteiger partial charge on any atom is -0.391 e. The molecule has 3 nitrogen and oxygen atoms in total. The van der Waals surface area contributed by atoms with Gasteiger partial charge in [0, 0.05) is 0 Å². The lowest BCUT2D eigenvalue weighted by Gasteiger charge is -2.27. The molecule has 0 aliphatic heterocycles. The van der Waals surface area contributed by atoms with Gasteiger partial charge in [-0.15, -0.1) is 0 Å². The second kappa shape index (κ2) is 4.59. The van der Waals surface area contributed by atoms with Crippen LogP contribution in [0.25, 0.3) is 0 Å². The number of aliphatic hydroxyl groups excluding tert-OH is 1. The maximum Gasteiger partial charge on any atom is 0.184 e. The van der Waals surface area contributed by atoms with Gasteiger partial charge in [0.2, 0.25) is 0 Å². The van der Waals surface area contributed by atoms with Crippen molar-refractivity contribution in [2.24, 2.45) is 0 Å². The summed E-state index contributed by atoms with van der Waals surface area (Å²) in [5.74, 6) is 0. The fourth-order valence-electron chi connectivity index (χ4n) is 1.76. The third kappa shape index (κ3) is 2.46. The van der Waals surface area contributed by atoms with Crippen LogP contribution in [0.4, 0.5) is 5.13 Å². The van der Waals surface area contributed by atoms with Crippen LogP contribution in [-0.2, 0) is 0 Å². The molecule has 1 aromatic heterocycles. The number of anilines is 1. The molecule has 2 atom stereocenters. The normalized spacial score (nSPS) is 27.6. The lowest BCUT2D eigenvalue weighted by atomic mass is 9.93. The minimum absolute atomic E-state index is 0.182. The van der Waals surface area contributed by atoms with Crippen LogP contribution in [0.5, 0.6) is 0 Å². The van der Waals surface area contributed by atoms with Crippen LogP contribution in [-0.4, -0.2) is 22.2 Å². The van der Waals surface area contributed by atoms with Crippen LogP contribution in [0.3, 0.4) is 0 Å². The lowest BCUT2D eigenvalue weighted by Crippen LogP contribution is -2.36. The second-order valence-electron chi connectivity index (χ2n) is 3.57. The summed E-state index contributed by atoms with van der Waals surface area (Å²) in [7, 11) is 0. The molecule has 1 aromatic rings. The molecule has 0 radical (unpaired) electrons. The number of hydrogen-bond donors (Lipinski definition) is 2. The minimum atomic E-state index is -0.216. The highest BCUT2D eigenvalue weighted by atomic mass is 79.9. The Kier molecular flexibility index (Phi) is 3.41. The van der Waals surface area contributed by atoms with Crippen molar-refractivity contribution >= 4 is 32.4 Å². The highest BCUT2D eigenvalue weighted by Crippen LogP contribution is 2.27. The summed E-state index contributed by atoms with van der Waals surface area (Å²) in [6.45, 7) is 0. The van der Waals surface area contributed by atoms with E-state index in [-0.39, 0.29) is 12.1 Å². The summed E-state index contributed by atoms with van der Waals surface area (Å²) in [6, 6.07) is 0.182. The molecule has 1 saturated carbocycles. The summed E-state index contributed by atoms with van der Waals surface area (Å²) in [5.41, 5.74) is 0. The van der Waals surface area contributed by atoms with E-state index in [0.717, 1.165) is 28.2 Å². The number of halogens is 1. The van der Waals surface area contributed by atoms with Gasteiger partial charge < -0.3 is 10.4 Å². The predicted molar refractivity (Wildman–Crippen MR) is 61.7 cm³/mol. The Morgan fingerprint density at radius 2 is 2.29 bits per heavy atom. The first-order valence-electron chi connectivity index (χ1n) is 4.81. The molecule has 1 heterocycles. The van der Waals surface area contributed by atoms with Crippen molar-refractivity contribution < 1.29 is 5.11 Å². The van der Waals surface area contributed by atoms with Crippen LogP contribution >= 0.6 is 27.3 Å². The standard InChI is InChI=1S/C9H13BrN2OS/c10-8-5-11-9(14-8)12-6-3-1-2-4-7(6)13/h5-7,13H,1-4H2,(H,11,12)/t6-,7+/m0/s1. The molecule has 1 aliphatic carbocycles. The average molecular weight is 277 g/mol. The quantitative estimate of drug-likeness (QED) is 0.873. The maximum absolute atomic E-state index is 9.74. The summed E-state index contributed by atoms with van der Waals surface area (Å²) in [5, 5.41) is 13.9. The van der Waals surface area contributed by atoms with Gasteiger partial charge in [-0.05, 0) is 28.8 Å². The number of aromatic nitrogens is 1. The molecule has 0 amide bonds. The smallest absolute Gasteiger partial charge is 0.184 e. The number of aliphatic hydroxyl groups is 1. The van der Waals surface area contributed by atoms with Gasteiger partial charge in [-0.25, -0.2) is 4.98 Å². The Labute approximate surface area is 95.7 Å². The highest BCUT2D eigenvalue weighted by Gasteiger charge is 2.23. The van der Waals surface area contributed by atoms with Gasteiger partial charge in [0.1, 0.15) is 0 Å². The van der Waals surface area contributed by atoms with E-state index in [2.05, 4.69) is 26.2 Å². The maximum atomic E-state index is 9.74. The van der Waals surface area contributed by atoms with Crippen molar-refractivity contribution in [1.29, 1.82) is 0 Å². The van der Waals surface area contributed by atoms with Gasteiger partial charge in [-0.2, -0.15) is 0 Å². The molecule has 14 heavy (non-hydrogen) atoms. The van der Waals surface area contributed by atoms with Gasteiger partial charge in [0.25, 0.3) is 0 Å². The second-order valence-corrected chi connectivity index (χ2v) is 5.98. The molecule has 2 rings (SSSR count). The van der Waals surface area contributed by atoms with Gasteiger partial charge in [-0.3, -0.25) is 0 Å². The fourth-order valence-corrected chi connectivity index (χ4v) is 2.93. The van der Waals surface area contributed by atoms with Crippen molar-refractivity contribution in [3.8, 4) is 0 Å². The van der Waals surface area contributed by atoms with E-state index in [4.69, 9.17) is 0 Å². The van der Waals surface area contributed by atoms with Crippen LogP contribution in [0.15, 0.2) is 9.98 Å². The first-order valence-corrected chi connectivity index (χ1v) is 6.42. The van der Waals surface area contributed by atoms with Crippen LogP contribution in [0.2, 0.25) is 0 Å². The van der Waals surface area contributed by atoms with Crippen molar-refractivity contribution in [3.05, 3.63) is 9.98 Å². The Hall–Kier alpha value is -0.130. The van der Waals surface area contributed by atoms with Crippen molar-refractivity contribution in [2.45, 2.75) is 37.8 Å². The first kappa shape index (κ1) is 10.4. The summed E-state index contributed by atoms with van der Waals surface area (Å²) in [6.07, 6.45) is 5.85.